The lowest BCUT2D eigenvalue weighted by molar-refractivity contribution is -0.138. The van der Waals surface area contributed by atoms with Gasteiger partial charge in [-0.1, -0.05) is 26.0 Å². The second-order valence-electron chi connectivity index (χ2n) is 6.32. The molecule has 0 bridgehead atoms. The minimum Gasteiger partial charge on any atom is -0.340 e. The number of amides is 2. The number of anilines is 1. The first kappa shape index (κ1) is 14.6. The molecule has 108 valence electrons. The van der Waals surface area contributed by atoms with Crippen molar-refractivity contribution in [2.75, 3.05) is 4.90 Å². The predicted octanol–water partition coefficient (Wildman–Crippen LogP) is 2.26. The van der Waals surface area contributed by atoms with E-state index in [1.54, 1.807) is 18.7 Å². The molecule has 20 heavy (non-hydrogen) atoms. The molecule has 0 radical (unpaired) electrons. The van der Waals surface area contributed by atoms with Gasteiger partial charge in [-0.3, -0.25) is 14.5 Å². The average Bonchev–Trinajstić information content (AvgIpc) is 2.32. The number of hydrogen-bond acceptors (Lipinski definition) is 2. The Morgan fingerprint density at radius 3 is 2.45 bits per heavy atom. The molecular formula is C16H22N2O2. The minimum atomic E-state index is -0.869. The van der Waals surface area contributed by atoms with E-state index < -0.39 is 11.6 Å². The first-order valence-corrected chi connectivity index (χ1v) is 6.96. The Balaban J connectivity index is 2.53. The summed E-state index contributed by atoms with van der Waals surface area (Å²) in [5.41, 5.74) is 0.991. The van der Waals surface area contributed by atoms with Gasteiger partial charge < -0.3 is 5.32 Å². The van der Waals surface area contributed by atoms with Crippen molar-refractivity contribution in [3.63, 3.8) is 0 Å². The molecule has 1 unspecified atom stereocenters. The molecule has 1 aromatic carbocycles. The van der Waals surface area contributed by atoms with Gasteiger partial charge in [0, 0.05) is 5.69 Å². The Morgan fingerprint density at radius 2 is 1.90 bits per heavy atom. The summed E-state index contributed by atoms with van der Waals surface area (Å²) in [6.07, 6.45) is 0. The van der Waals surface area contributed by atoms with Crippen molar-refractivity contribution in [3.05, 3.63) is 29.8 Å². The molecule has 4 heteroatoms. The Kier molecular flexibility index (Phi) is 3.59. The summed E-state index contributed by atoms with van der Waals surface area (Å²) >= 11 is 0. The second kappa shape index (κ2) is 4.93. The van der Waals surface area contributed by atoms with Crippen molar-refractivity contribution in [3.8, 4) is 0 Å². The molecule has 0 saturated carbocycles. The van der Waals surface area contributed by atoms with Gasteiger partial charge in [-0.05, 0) is 44.4 Å². The molecule has 0 aliphatic carbocycles. The van der Waals surface area contributed by atoms with Gasteiger partial charge in [0.15, 0.2) is 0 Å². The van der Waals surface area contributed by atoms with Crippen LogP contribution in [0.1, 0.15) is 33.3 Å². The van der Waals surface area contributed by atoms with Crippen molar-refractivity contribution in [2.45, 2.75) is 46.2 Å². The second-order valence-corrected chi connectivity index (χ2v) is 6.32. The zero-order valence-electron chi connectivity index (χ0n) is 12.7. The Labute approximate surface area is 120 Å². The maximum atomic E-state index is 12.7. The topological polar surface area (TPSA) is 49.4 Å². The summed E-state index contributed by atoms with van der Waals surface area (Å²) in [7, 11) is 0. The maximum absolute atomic E-state index is 12.7. The highest BCUT2D eigenvalue weighted by Crippen LogP contribution is 2.29. The summed E-state index contributed by atoms with van der Waals surface area (Å²) < 4.78 is 0. The van der Waals surface area contributed by atoms with Gasteiger partial charge in [0.05, 0.1) is 0 Å². The first-order chi connectivity index (χ1) is 9.24. The van der Waals surface area contributed by atoms with E-state index in [-0.39, 0.29) is 17.7 Å². The fraction of sp³-hybridized carbons (Fsp3) is 0.500. The summed E-state index contributed by atoms with van der Waals surface area (Å²) in [6.45, 7) is 9.38. The number of nitrogens with one attached hydrogen (secondary N) is 1. The van der Waals surface area contributed by atoms with Crippen LogP contribution in [0.2, 0.25) is 0 Å². The molecule has 1 fully saturated rings. The Morgan fingerprint density at radius 1 is 1.25 bits per heavy atom. The van der Waals surface area contributed by atoms with E-state index in [4.69, 9.17) is 0 Å². The molecule has 2 amide bonds. The molecule has 1 atom stereocenters. The summed E-state index contributed by atoms with van der Waals surface area (Å²) in [6, 6.07) is 7.26. The van der Waals surface area contributed by atoms with Crippen molar-refractivity contribution in [2.24, 2.45) is 5.92 Å². The highest BCUT2D eigenvalue weighted by molar-refractivity contribution is 6.10. The molecular weight excluding hydrogens is 252 g/mol. The van der Waals surface area contributed by atoms with Gasteiger partial charge in [0.25, 0.3) is 5.91 Å². The van der Waals surface area contributed by atoms with Crippen LogP contribution in [0.15, 0.2) is 24.3 Å². The van der Waals surface area contributed by atoms with Gasteiger partial charge in [0.1, 0.15) is 11.6 Å². The van der Waals surface area contributed by atoms with Crippen LogP contribution in [-0.4, -0.2) is 23.4 Å². The van der Waals surface area contributed by atoms with Gasteiger partial charge >= 0.3 is 0 Å². The van der Waals surface area contributed by atoms with E-state index in [9.17, 15) is 9.59 Å². The first-order valence-electron chi connectivity index (χ1n) is 6.96. The SMILES string of the molecule is Cc1cccc(N2C(=O)C(C)(C)NC(=O)C2C(C)C)c1. The lowest BCUT2D eigenvalue weighted by atomic mass is 9.91. The van der Waals surface area contributed by atoms with Crippen LogP contribution >= 0.6 is 0 Å². The van der Waals surface area contributed by atoms with Crippen molar-refractivity contribution >= 4 is 17.5 Å². The zero-order valence-corrected chi connectivity index (χ0v) is 12.7. The number of benzene rings is 1. The van der Waals surface area contributed by atoms with E-state index in [2.05, 4.69) is 5.32 Å². The third kappa shape index (κ3) is 2.42. The number of rotatable bonds is 2. The molecule has 0 aromatic heterocycles. The van der Waals surface area contributed by atoms with Crippen molar-refractivity contribution in [1.82, 2.24) is 5.32 Å². The fourth-order valence-corrected chi connectivity index (χ4v) is 2.64. The Bertz CT molecular complexity index is 549. The molecule has 1 N–H and O–H groups in total. The van der Waals surface area contributed by atoms with Gasteiger partial charge in [-0.25, -0.2) is 0 Å². The lowest BCUT2D eigenvalue weighted by Crippen LogP contribution is -2.69. The van der Waals surface area contributed by atoms with Crippen LogP contribution in [0.25, 0.3) is 0 Å². The van der Waals surface area contributed by atoms with Crippen LogP contribution in [0, 0.1) is 12.8 Å². The molecule has 1 aliphatic rings. The van der Waals surface area contributed by atoms with Gasteiger partial charge in [0.2, 0.25) is 5.91 Å². The number of carbonyl (C=O) groups excluding carboxylic acids is 2. The predicted molar refractivity (Wildman–Crippen MR) is 79.5 cm³/mol. The van der Waals surface area contributed by atoms with Gasteiger partial charge in [-0.15, -0.1) is 0 Å². The highest BCUT2D eigenvalue weighted by Gasteiger charge is 2.46. The van der Waals surface area contributed by atoms with Crippen LogP contribution in [0.3, 0.4) is 0 Å². The summed E-state index contributed by atoms with van der Waals surface area (Å²) in [5, 5.41) is 2.82. The van der Waals surface area contributed by atoms with E-state index in [0.717, 1.165) is 11.3 Å². The fourth-order valence-electron chi connectivity index (χ4n) is 2.64. The number of hydrogen-bond donors (Lipinski definition) is 1. The molecule has 1 saturated heterocycles. The molecule has 2 rings (SSSR count). The standard InChI is InChI=1S/C16H22N2O2/c1-10(2)13-14(19)17-16(4,5)15(20)18(13)12-8-6-7-11(3)9-12/h6-10,13H,1-5H3,(H,17,19). The van der Waals surface area contributed by atoms with Crippen molar-refractivity contribution in [1.29, 1.82) is 0 Å². The third-order valence-corrected chi connectivity index (χ3v) is 3.65. The molecule has 4 nitrogen and oxygen atoms in total. The van der Waals surface area contributed by atoms with Gasteiger partial charge in [-0.2, -0.15) is 0 Å². The quantitative estimate of drug-likeness (QED) is 0.899. The number of carbonyl (C=O) groups is 2. The molecule has 1 aliphatic heterocycles. The molecule has 1 heterocycles. The minimum absolute atomic E-state index is 0.0514. The van der Waals surface area contributed by atoms with Crippen LogP contribution in [0.5, 0.6) is 0 Å². The van der Waals surface area contributed by atoms with E-state index in [1.165, 1.54) is 0 Å². The van der Waals surface area contributed by atoms with Crippen LogP contribution in [-0.2, 0) is 9.59 Å². The van der Waals surface area contributed by atoms with E-state index in [1.807, 2.05) is 45.0 Å². The Hall–Kier alpha value is -1.84. The maximum Gasteiger partial charge on any atom is 0.252 e. The summed E-state index contributed by atoms with van der Waals surface area (Å²) in [4.78, 5) is 26.7. The zero-order chi connectivity index (χ0) is 15.1. The van der Waals surface area contributed by atoms with Crippen LogP contribution < -0.4 is 10.2 Å². The molecule has 1 aromatic rings. The van der Waals surface area contributed by atoms with Crippen molar-refractivity contribution < 1.29 is 9.59 Å². The van der Waals surface area contributed by atoms with E-state index >= 15 is 0 Å². The average molecular weight is 274 g/mol. The highest BCUT2D eigenvalue weighted by atomic mass is 16.2. The third-order valence-electron chi connectivity index (χ3n) is 3.65. The smallest absolute Gasteiger partial charge is 0.252 e. The van der Waals surface area contributed by atoms with E-state index in [0.29, 0.717) is 0 Å². The monoisotopic (exact) mass is 274 g/mol. The largest absolute Gasteiger partial charge is 0.340 e. The van der Waals surface area contributed by atoms with Crippen LogP contribution in [0.4, 0.5) is 5.69 Å². The number of nitrogens with zero attached hydrogens (tertiary/aromatic N) is 1. The number of aryl methyl sites for hydroxylation is 1. The normalized spacial score (nSPS) is 22.1. The lowest BCUT2D eigenvalue weighted by Gasteiger charge is -2.44. The molecule has 0 spiro atoms. The number of piperazine rings is 1. The summed E-state index contributed by atoms with van der Waals surface area (Å²) in [5.74, 6) is -0.108.